The lowest BCUT2D eigenvalue weighted by Crippen LogP contribution is -2.46. The highest BCUT2D eigenvalue weighted by molar-refractivity contribution is 7.98. The van der Waals surface area contributed by atoms with Gasteiger partial charge in [0.15, 0.2) is 24.2 Å². The maximum atomic E-state index is 12.2. The number of hydrogen-bond donors (Lipinski definition) is 2. The maximum absolute atomic E-state index is 12.2. The first-order valence-corrected chi connectivity index (χ1v) is 10.6. The first-order valence-electron chi connectivity index (χ1n) is 9.35. The number of ether oxygens (including phenoxy) is 4. The molecule has 0 aliphatic carbocycles. The zero-order valence-corrected chi connectivity index (χ0v) is 17.8. The summed E-state index contributed by atoms with van der Waals surface area (Å²) in [7, 11) is 1.44. The Morgan fingerprint density at radius 1 is 1.16 bits per heavy atom. The number of fused-ring (bicyclic) bond motifs is 1. The van der Waals surface area contributed by atoms with Gasteiger partial charge in [-0.25, -0.2) is 9.59 Å². The van der Waals surface area contributed by atoms with E-state index in [4.69, 9.17) is 18.9 Å². The molecule has 0 radical (unpaired) electrons. The van der Waals surface area contributed by atoms with E-state index in [2.05, 4.69) is 10.6 Å². The molecule has 9 nitrogen and oxygen atoms in total. The second-order valence-corrected chi connectivity index (χ2v) is 7.28. The molecule has 0 bridgehead atoms. The van der Waals surface area contributed by atoms with E-state index in [0.717, 1.165) is 4.90 Å². The van der Waals surface area contributed by atoms with Crippen molar-refractivity contribution >= 4 is 29.7 Å². The summed E-state index contributed by atoms with van der Waals surface area (Å²) in [5, 5.41) is 4.62. The van der Waals surface area contributed by atoms with Crippen LogP contribution in [0.5, 0.6) is 17.2 Å². The summed E-state index contributed by atoms with van der Waals surface area (Å²) in [6.07, 6.45) is 1.50. The first-order chi connectivity index (χ1) is 15.0. The quantitative estimate of drug-likeness (QED) is 0.492. The molecule has 0 saturated heterocycles. The number of amides is 3. The number of methoxy groups -OCH3 is 1. The molecular weight excluding hydrogens is 424 g/mol. The molecule has 3 amide bonds. The molecule has 2 aromatic carbocycles. The van der Waals surface area contributed by atoms with Crippen LogP contribution in [0.1, 0.15) is 10.4 Å². The predicted molar refractivity (Wildman–Crippen MR) is 113 cm³/mol. The lowest BCUT2D eigenvalue weighted by molar-refractivity contribution is -0.123. The van der Waals surface area contributed by atoms with Gasteiger partial charge in [0.2, 0.25) is 0 Å². The summed E-state index contributed by atoms with van der Waals surface area (Å²) < 4.78 is 21.4. The van der Waals surface area contributed by atoms with Crippen molar-refractivity contribution in [2.75, 3.05) is 33.1 Å². The Morgan fingerprint density at radius 3 is 2.68 bits per heavy atom. The fraction of sp³-hybridized carbons (Fsp3) is 0.286. The molecule has 1 unspecified atom stereocenters. The molecule has 10 heteroatoms. The van der Waals surface area contributed by atoms with Crippen molar-refractivity contribution < 1.29 is 33.3 Å². The molecule has 0 aromatic heterocycles. The smallest absolute Gasteiger partial charge is 0.342 e. The third-order valence-corrected chi connectivity index (χ3v) is 5.00. The van der Waals surface area contributed by atoms with Gasteiger partial charge in [-0.15, -0.1) is 11.8 Å². The van der Waals surface area contributed by atoms with Crippen molar-refractivity contribution in [1.29, 1.82) is 0 Å². The average molecular weight is 446 g/mol. The number of benzene rings is 2. The van der Waals surface area contributed by atoms with Gasteiger partial charge < -0.3 is 24.3 Å². The van der Waals surface area contributed by atoms with Crippen LogP contribution in [-0.4, -0.2) is 57.1 Å². The third-order valence-electron chi connectivity index (χ3n) is 4.27. The minimum atomic E-state index is -0.767. The highest BCUT2D eigenvalue weighted by Crippen LogP contribution is 2.30. The van der Waals surface area contributed by atoms with Crippen LogP contribution in [0, 0.1) is 0 Å². The Kier molecular flexibility index (Phi) is 7.60. The second kappa shape index (κ2) is 10.6. The maximum Gasteiger partial charge on any atom is 0.342 e. The van der Waals surface area contributed by atoms with E-state index >= 15 is 0 Å². The van der Waals surface area contributed by atoms with Crippen LogP contribution in [0.2, 0.25) is 0 Å². The zero-order valence-electron chi connectivity index (χ0n) is 17.0. The number of esters is 1. The van der Waals surface area contributed by atoms with Gasteiger partial charge in [-0.3, -0.25) is 10.1 Å². The second-order valence-electron chi connectivity index (χ2n) is 6.40. The fourth-order valence-corrected chi connectivity index (χ4v) is 3.18. The number of nitrogens with one attached hydrogen (secondary N) is 2. The molecule has 1 aliphatic heterocycles. The van der Waals surface area contributed by atoms with E-state index in [-0.39, 0.29) is 18.7 Å². The van der Waals surface area contributed by atoms with Crippen LogP contribution >= 0.6 is 11.8 Å². The minimum Gasteiger partial charge on any atom is -0.496 e. The summed E-state index contributed by atoms with van der Waals surface area (Å²) in [6.45, 7) is -0.220. The Bertz CT molecular complexity index is 966. The van der Waals surface area contributed by atoms with Gasteiger partial charge in [0.05, 0.1) is 13.7 Å². The highest BCUT2D eigenvalue weighted by Gasteiger charge is 2.22. The van der Waals surface area contributed by atoms with Gasteiger partial charge >= 0.3 is 12.0 Å². The first kappa shape index (κ1) is 22.3. The number of urea groups is 1. The molecule has 2 aromatic rings. The van der Waals surface area contributed by atoms with Crippen LogP contribution in [0.15, 0.2) is 47.4 Å². The number of imide groups is 1. The van der Waals surface area contributed by atoms with Gasteiger partial charge in [-0.1, -0.05) is 12.1 Å². The van der Waals surface area contributed by atoms with Gasteiger partial charge in [0.25, 0.3) is 5.91 Å². The van der Waals surface area contributed by atoms with Gasteiger partial charge in [0, 0.05) is 4.90 Å². The normalized spacial score (nSPS) is 14.3. The SMILES string of the molecule is COc1cc(SC)ccc1C(=O)OCC(=O)NC(=O)NCC1COc2ccccc2O1. The summed E-state index contributed by atoms with van der Waals surface area (Å²) in [4.78, 5) is 37.0. The Morgan fingerprint density at radius 2 is 1.94 bits per heavy atom. The van der Waals surface area contributed by atoms with Gasteiger partial charge in [0.1, 0.15) is 17.9 Å². The Hall–Kier alpha value is -3.40. The van der Waals surface area contributed by atoms with Gasteiger partial charge in [-0.05, 0) is 36.6 Å². The van der Waals surface area contributed by atoms with Crippen molar-refractivity contribution in [3.63, 3.8) is 0 Å². The molecule has 0 spiro atoms. The third kappa shape index (κ3) is 6.05. The summed E-state index contributed by atoms with van der Waals surface area (Å²) >= 11 is 1.50. The van der Waals surface area contributed by atoms with Crippen molar-refractivity contribution in [1.82, 2.24) is 10.6 Å². The molecule has 1 aliphatic rings. The number of thioether (sulfide) groups is 1. The number of carbonyl (C=O) groups is 3. The van der Waals surface area contributed by atoms with E-state index in [1.807, 2.05) is 18.4 Å². The molecule has 2 N–H and O–H groups in total. The van der Waals surface area contributed by atoms with Crippen LogP contribution in [-0.2, 0) is 9.53 Å². The summed E-state index contributed by atoms with van der Waals surface area (Å²) in [5.74, 6) is 0.0688. The van der Waals surface area contributed by atoms with Crippen LogP contribution in [0.3, 0.4) is 0 Å². The minimum absolute atomic E-state index is 0.131. The summed E-state index contributed by atoms with van der Waals surface area (Å²) in [6, 6.07) is 11.5. The topological polar surface area (TPSA) is 112 Å². The Balaban J connectivity index is 1.41. The Labute approximate surface area is 183 Å². The van der Waals surface area contributed by atoms with Crippen LogP contribution in [0.25, 0.3) is 0 Å². The molecule has 3 rings (SSSR count). The number of hydrogen-bond acceptors (Lipinski definition) is 8. The average Bonchev–Trinajstić information content (AvgIpc) is 2.80. The van der Waals surface area contributed by atoms with Crippen molar-refractivity contribution in [3.05, 3.63) is 48.0 Å². The fourth-order valence-electron chi connectivity index (χ4n) is 2.75. The molecule has 0 saturated carbocycles. The summed E-state index contributed by atoms with van der Waals surface area (Å²) in [5.41, 5.74) is 0.187. The highest BCUT2D eigenvalue weighted by atomic mass is 32.2. The molecule has 0 fully saturated rings. The largest absolute Gasteiger partial charge is 0.496 e. The van der Waals surface area contributed by atoms with E-state index in [0.29, 0.717) is 17.2 Å². The van der Waals surface area contributed by atoms with Crippen molar-refractivity contribution in [2.24, 2.45) is 0 Å². The lowest BCUT2D eigenvalue weighted by atomic mass is 10.2. The monoisotopic (exact) mass is 446 g/mol. The number of carbonyl (C=O) groups excluding carboxylic acids is 3. The molecular formula is C21H22N2O7S. The van der Waals surface area contributed by atoms with Gasteiger partial charge in [-0.2, -0.15) is 0 Å². The van der Waals surface area contributed by atoms with E-state index < -0.39 is 30.6 Å². The van der Waals surface area contributed by atoms with E-state index in [9.17, 15) is 14.4 Å². The van der Waals surface area contributed by atoms with E-state index in [1.54, 1.807) is 30.3 Å². The number of para-hydroxylation sites is 2. The number of rotatable bonds is 7. The predicted octanol–water partition coefficient (Wildman–Crippen LogP) is 2.24. The van der Waals surface area contributed by atoms with Crippen molar-refractivity contribution in [2.45, 2.75) is 11.0 Å². The molecule has 164 valence electrons. The lowest BCUT2D eigenvalue weighted by Gasteiger charge is -2.26. The van der Waals surface area contributed by atoms with E-state index in [1.165, 1.54) is 18.9 Å². The molecule has 1 atom stereocenters. The van der Waals surface area contributed by atoms with Crippen molar-refractivity contribution in [3.8, 4) is 17.2 Å². The molecule has 1 heterocycles. The standard InChI is InChI=1S/C21H22N2O7S/c1-27-18-9-14(31-2)7-8-15(18)20(25)29-12-19(24)23-21(26)22-10-13-11-28-16-5-3-4-6-17(16)30-13/h3-9,13H,10-12H2,1-2H3,(H2,22,23,24,26). The van der Waals surface area contributed by atoms with Crippen LogP contribution < -0.4 is 24.8 Å². The molecule has 31 heavy (non-hydrogen) atoms. The van der Waals surface area contributed by atoms with Crippen LogP contribution in [0.4, 0.5) is 4.79 Å². The zero-order chi connectivity index (χ0) is 22.2.